The smallest absolute Gasteiger partial charge is 0.306 e. The fourth-order valence-electron chi connectivity index (χ4n) is 3.46. The van der Waals surface area contributed by atoms with E-state index in [4.69, 9.17) is 4.74 Å². The Balaban J connectivity index is 1.72. The quantitative estimate of drug-likeness (QED) is 0.545. The van der Waals surface area contributed by atoms with Crippen molar-refractivity contribution in [2.45, 2.75) is 83.3 Å². The third-order valence-electron chi connectivity index (χ3n) is 4.54. The van der Waals surface area contributed by atoms with Crippen LogP contribution in [0.1, 0.15) is 71.1 Å². The van der Waals surface area contributed by atoms with E-state index in [-0.39, 0.29) is 12.1 Å². The van der Waals surface area contributed by atoms with Gasteiger partial charge in [-0.3, -0.25) is 9.69 Å². The van der Waals surface area contributed by atoms with E-state index in [9.17, 15) is 4.79 Å². The summed E-state index contributed by atoms with van der Waals surface area (Å²) in [5.74, 6) is 0.0357. The number of esters is 1. The molecule has 0 aromatic rings. The normalized spacial score (nSPS) is 27.8. The van der Waals surface area contributed by atoms with E-state index < -0.39 is 0 Å². The van der Waals surface area contributed by atoms with Gasteiger partial charge in [0.1, 0.15) is 6.10 Å². The number of carbonyl (C=O) groups is 1. The Labute approximate surface area is 117 Å². The number of nitrogens with zero attached hydrogens (tertiary/aromatic N) is 1. The van der Waals surface area contributed by atoms with Crippen LogP contribution in [0.15, 0.2) is 0 Å². The van der Waals surface area contributed by atoms with Crippen LogP contribution in [-0.4, -0.2) is 36.1 Å². The maximum atomic E-state index is 11.9. The first-order chi connectivity index (χ1) is 9.31. The van der Waals surface area contributed by atoms with E-state index >= 15 is 0 Å². The molecule has 0 aromatic heterocycles. The minimum Gasteiger partial charge on any atom is -0.461 e. The van der Waals surface area contributed by atoms with Gasteiger partial charge in [-0.15, -0.1) is 0 Å². The number of carbonyl (C=O) groups excluding carboxylic acids is 1. The van der Waals surface area contributed by atoms with Crippen molar-refractivity contribution in [1.29, 1.82) is 0 Å². The molecule has 2 aliphatic heterocycles. The Hall–Kier alpha value is -0.570. The first-order valence-corrected chi connectivity index (χ1v) is 8.25. The second-order valence-electron chi connectivity index (χ2n) is 6.08. The van der Waals surface area contributed by atoms with Gasteiger partial charge in [0.25, 0.3) is 0 Å². The van der Waals surface area contributed by atoms with Crippen molar-refractivity contribution >= 4 is 5.97 Å². The lowest BCUT2D eigenvalue weighted by Gasteiger charge is -2.43. The molecule has 0 amide bonds. The van der Waals surface area contributed by atoms with Crippen molar-refractivity contribution in [3.05, 3.63) is 0 Å². The molecule has 2 rings (SSSR count). The molecular formula is C16H29NO2. The molecule has 19 heavy (non-hydrogen) atoms. The molecule has 0 aliphatic carbocycles. The van der Waals surface area contributed by atoms with E-state index in [0.717, 1.165) is 19.3 Å². The average Bonchev–Trinajstić information content (AvgIpc) is 2.44. The minimum absolute atomic E-state index is 0.0357. The van der Waals surface area contributed by atoms with Gasteiger partial charge in [-0.25, -0.2) is 0 Å². The van der Waals surface area contributed by atoms with Crippen LogP contribution in [0, 0.1) is 0 Å². The molecule has 0 spiro atoms. The Bertz CT molecular complexity index is 278. The van der Waals surface area contributed by atoms with E-state index in [2.05, 4.69) is 11.8 Å². The second-order valence-corrected chi connectivity index (χ2v) is 6.08. The Morgan fingerprint density at radius 1 is 1.11 bits per heavy atom. The third-order valence-corrected chi connectivity index (χ3v) is 4.54. The predicted molar refractivity (Wildman–Crippen MR) is 77.1 cm³/mol. The molecule has 0 aromatic carbocycles. The molecule has 2 aliphatic rings. The Morgan fingerprint density at radius 3 is 2.79 bits per heavy atom. The topological polar surface area (TPSA) is 29.5 Å². The molecule has 3 heteroatoms. The lowest BCUT2D eigenvalue weighted by Crippen LogP contribution is -2.51. The average molecular weight is 267 g/mol. The summed E-state index contributed by atoms with van der Waals surface area (Å²) < 4.78 is 5.76. The largest absolute Gasteiger partial charge is 0.461 e. The number of hydrogen-bond donors (Lipinski definition) is 0. The molecule has 0 radical (unpaired) electrons. The zero-order chi connectivity index (χ0) is 13.5. The lowest BCUT2D eigenvalue weighted by atomic mass is 9.90. The van der Waals surface area contributed by atoms with Crippen LogP contribution < -0.4 is 0 Å². The van der Waals surface area contributed by atoms with E-state index in [1.165, 1.54) is 51.6 Å². The standard InChI is InChI=1S/C16H29NO2/c1-2-3-4-5-11-16(18)19-15-10-8-13-17-12-7-6-9-14(15)17/h14-15H,2-13H2,1H3/t14-,15-/m0/s1. The van der Waals surface area contributed by atoms with Crippen LogP contribution in [0.2, 0.25) is 0 Å². The minimum atomic E-state index is 0.0357. The number of unbranched alkanes of at least 4 members (excludes halogenated alkanes) is 3. The summed E-state index contributed by atoms with van der Waals surface area (Å²) in [7, 11) is 0. The Kier molecular flexibility index (Phi) is 6.15. The summed E-state index contributed by atoms with van der Waals surface area (Å²) >= 11 is 0. The van der Waals surface area contributed by atoms with Gasteiger partial charge in [-0.05, 0) is 45.2 Å². The highest BCUT2D eigenvalue weighted by molar-refractivity contribution is 5.69. The Morgan fingerprint density at radius 2 is 1.95 bits per heavy atom. The summed E-state index contributed by atoms with van der Waals surface area (Å²) in [5, 5.41) is 0. The molecule has 2 saturated heterocycles. The summed E-state index contributed by atoms with van der Waals surface area (Å²) in [6, 6.07) is 0.516. The first kappa shape index (κ1) is 14.8. The molecule has 0 saturated carbocycles. The van der Waals surface area contributed by atoms with E-state index in [1.807, 2.05) is 0 Å². The van der Waals surface area contributed by atoms with Gasteiger partial charge in [-0.1, -0.05) is 32.6 Å². The maximum Gasteiger partial charge on any atom is 0.306 e. The van der Waals surface area contributed by atoms with Gasteiger partial charge in [0.05, 0.1) is 0 Å². The van der Waals surface area contributed by atoms with Crippen LogP contribution in [0.25, 0.3) is 0 Å². The van der Waals surface area contributed by atoms with Crippen molar-refractivity contribution in [1.82, 2.24) is 4.90 Å². The third kappa shape index (κ3) is 4.48. The number of rotatable bonds is 6. The highest BCUT2D eigenvalue weighted by atomic mass is 16.5. The monoisotopic (exact) mass is 267 g/mol. The number of fused-ring (bicyclic) bond motifs is 1. The van der Waals surface area contributed by atoms with Crippen molar-refractivity contribution in [2.24, 2.45) is 0 Å². The van der Waals surface area contributed by atoms with Crippen LogP contribution in [0.3, 0.4) is 0 Å². The van der Waals surface area contributed by atoms with Gasteiger partial charge in [0.2, 0.25) is 0 Å². The number of piperidine rings is 2. The van der Waals surface area contributed by atoms with Crippen LogP contribution in [0.4, 0.5) is 0 Å². The molecule has 0 N–H and O–H groups in total. The summed E-state index contributed by atoms with van der Waals surface area (Å²) in [6.45, 7) is 4.60. The molecule has 2 heterocycles. The fourth-order valence-corrected chi connectivity index (χ4v) is 3.46. The summed E-state index contributed by atoms with van der Waals surface area (Å²) in [5.41, 5.74) is 0. The highest BCUT2D eigenvalue weighted by Gasteiger charge is 2.35. The van der Waals surface area contributed by atoms with Crippen LogP contribution >= 0.6 is 0 Å². The highest BCUT2D eigenvalue weighted by Crippen LogP contribution is 2.28. The zero-order valence-corrected chi connectivity index (χ0v) is 12.4. The number of ether oxygens (including phenoxy) is 1. The van der Waals surface area contributed by atoms with Gasteiger partial charge < -0.3 is 4.74 Å². The van der Waals surface area contributed by atoms with Gasteiger partial charge in [0, 0.05) is 12.5 Å². The molecule has 2 atom stereocenters. The summed E-state index contributed by atoms with van der Waals surface area (Å²) in [6.07, 6.45) is 11.5. The first-order valence-electron chi connectivity index (χ1n) is 8.25. The molecule has 0 unspecified atom stereocenters. The van der Waals surface area contributed by atoms with Crippen LogP contribution in [0.5, 0.6) is 0 Å². The van der Waals surface area contributed by atoms with E-state index in [0.29, 0.717) is 12.5 Å². The van der Waals surface area contributed by atoms with Crippen LogP contribution in [-0.2, 0) is 9.53 Å². The second kappa shape index (κ2) is 7.88. The van der Waals surface area contributed by atoms with Gasteiger partial charge in [-0.2, -0.15) is 0 Å². The van der Waals surface area contributed by atoms with Crippen molar-refractivity contribution in [3.63, 3.8) is 0 Å². The van der Waals surface area contributed by atoms with Crippen molar-refractivity contribution in [3.8, 4) is 0 Å². The maximum absolute atomic E-state index is 11.9. The molecule has 0 bridgehead atoms. The summed E-state index contributed by atoms with van der Waals surface area (Å²) in [4.78, 5) is 14.5. The van der Waals surface area contributed by atoms with Gasteiger partial charge >= 0.3 is 5.97 Å². The van der Waals surface area contributed by atoms with E-state index in [1.54, 1.807) is 0 Å². The number of hydrogen-bond acceptors (Lipinski definition) is 3. The van der Waals surface area contributed by atoms with Crippen molar-refractivity contribution < 1.29 is 9.53 Å². The SMILES string of the molecule is CCCCCCC(=O)O[C@H]1CCCN2CCCC[C@@H]12. The predicted octanol–water partition coefficient (Wildman–Crippen LogP) is 3.52. The molecule has 2 fully saturated rings. The van der Waals surface area contributed by atoms with Gasteiger partial charge in [0.15, 0.2) is 0 Å². The molecular weight excluding hydrogens is 238 g/mol. The fraction of sp³-hybridized carbons (Fsp3) is 0.938. The zero-order valence-electron chi connectivity index (χ0n) is 12.4. The molecule has 110 valence electrons. The van der Waals surface area contributed by atoms with Crippen molar-refractivity contribution in [2.75, 3.05) is 13.1 Å². The lowest BCUT2D eigenvalue weighted by molar-refractivity contribution is -0.156. The molecule has 3 nitrogen and oxygen atoms in total.